The lowest BCUT2D eigenvalue weighted by atomic mass is 10.0. The first-order valence-electron chi connectivity index (χ1n) is 24.6. The number of carbonyl (C=O) groups is 2. The van der Waals surface area contributed by atoms with Crippen LogP contribution in [-0.2, 0) is 14.3 Å². The van der Waals surface area contributed by atoms with E-state index in [4.69, 9.17) is 4.74 Å². The third kappa shape index (κ3) is 42.0. The van der Waals surface area contributed by atoms with Crippen molar-refractivity contribution in [2.24, 2.45) is 0 Å². The zero-order valence-electron chi connectivity index (χ0n) is 37.4. The van der Waals surface area contributed by atoms with E-state index in [0.717, 1.165) is 77.0 Å². The number of carbonyl (C=O) groups excluding carboxylic acids is 2. The van der Waals surface area contributed by atoms with E-state index in [0.29, 0.717) is 25.9 Å². The van der Waals surface area contributed by atoms with Gasteiger partial charge in [-0.25, -0.2) is 0 Å². The average molecular weight is 790 g/mol. The van der Waals surface area contributed by atoms with Gasteiger partial charge in [0.2, 0.25) is 5.91 Å². The Morgan fingerprint density at radius 3 is 1.27 bits per heavy atom. The van der Waals surface area contributed by atoms with Crippen LogP contribution in [0.15, 0.2) is 24.3 Å². The number of unbranched alkanes of at least 4 members (excludes halogenated alkanes) is 30. The number of esters is 1. The first-order chi connectivity index (χ1) is 27.5. The van der Waals surface area contributed by atoms with Crippen LogP contribution in [0.2, 0.25) is 0 Å². The summed E-state index contributed by atoms with van der Waals surface area (Å²) < 4.78 is 5.42. The minimum atomic E-state index is -0.685. The van der Waals surface area contributed by atoms with E-state index < -0.39 is 12.1 Å². The van der Waals surface area contributed by atoms with E-state index in [1.807, 2.05) is 0 Å². The molecule has 0 radical (unpaired) electrons. The van der Waals surface area contributed by atoms with Crippen molar-refractivity contribution in [3.8, 4) is 0 Å². The molecule has 0 rings (SSSR count). The molecule has 0 aromatic carbocycles. The van der Waals surface area contributed by atoms with Crippen molar-refractivity contribution in [1.29, 1.82) is 0 Å². The quantitative estimate of drug-likeness (QED) is 0.0324. The number of hydrogen-bond donors (Lipinski definition) is 3. The van der Waals surface area contributed by atoms with Crippen molar-refractivity contribution in [1.82, 2.24) is 5.32 Å². The van der Waals surface area contributed by atoms with E-state index in [-0.39, 0.29) is 18.5 Å². The number of aliphatic hydroxyl groups excluding tert-OH is 2. The number of ether oxygens (including phenoxy) is 1. The number of nitrogens with one attached hydrogen (secondary N) is 1. The molecule has 56 heavy (non-hydrogen) atoms. The largest absolute Gasteiger partial charge is 0.466 e. The van der Waals surface area contributed by atoms with Crippen LogP contribution in [0.3, 0.4) is 0 Å². The highest BCUT2D eigenvalue weighted by atomic mass is 16.5. The zero-order valence-corrected chi connectivity index (χ0v) is 37.4. The number of aliphatic hydroxyl groups is 2. The molecule has 0 aliphatic rings. The van der Waals surface area contributed by atoms with Gasteiger partial charge in [-0.1, -0.05) is 192 Å². The third-order valence-corrected chi connectivity index (χ3v) is 11.2. The molecule has 0 heterocycles. The summed E-state index contributed by atoms with van der Waals surface area (Å²) in [5.41, 5.74) is 0. The molecule has 0 aromatic rings. The van der Waals surface area contributed by atoms with Gasteiger partial charge in [0, 0.05) is 12.8 Å². The molecule has 0 fully saturated rings. The molecule has 0 aromatic heterocycles. The van der Waals surface area contributed by atoms with Crippen LogP contribution < -0.4 is 5.32 Å². The predicted octanol–water partition coefficient (Wildman–Crippen LogP) is 14.3. The average Bonchev–Trinajstić information content (AvgIpc) is 3.20. The van der Waals surface area contributed by atoms with E-state index in [9.17, 15) is 19.8 Å². The fourth-order valence-corrected chi connectivity index (χ4v) is 7.39. The first kappa shape index (κ1) is 54.3. The molecule has 6 nitrogen and oxygen atoms in total. The summed E-state index contributed by atoms with van der Waals surface area (Å²) >= 11 is 0. The maximum atomic E-state index is 12.4. The molecule has 2 unspecified atom stereocenters. The van der Waals surface area contributed by atoms with Crippen LogP contribution in [0.1, 0.15) is 258 Å². The Kier molecular flexibility index (Phi) is 44.7. The molecule has 6 heteroatoms. The Morgan fingerprint density at radius 1 is 0.482 bits per heavy atom. The van der Waals surface area contributed by atoms with Gasteiger partial charge in [0.15, 0.2) is 0 Å². The molecule has 3 N–H and O–H groups in total. The SMILES string of the molecule is CCCCCCCC/C=C\CCCCCCCC(=O)OCCCC/C=C\CCCCCCC(=O)NC(CO)C(O)CCCCCCCCCCCCCCCC. The second kappa shape index (κ2) is 46.0. The maximum Gasteiger partial charge on any atom is 0.305 e. The Bertz CT molecular complexity index is 874. The topological polar surface area (TPSA) is 95.9 Å². The van der Waals surface area contributed by atoms with Gasteiger partial charge in [0.05, 0.1) is 25.4 Å². The lowest BCUT2D eigenvalue weighted by Gasteiger charge is -2.22. The second-order valence-electron chi connectivity index (χ2n) is 16.8. The van der Waals surface area contributed by atoms with Crippen LogP contribution in [0, 0.1) is 0 Å². The highest BCUT2D eigenvalue weighted by molar-refractivity contribution is 5.76. The van der Waals surface area contributed by atoms with Crippen molar-refractivity contribution in [2.75, 3.05) is 13.2 Å². The van der Waals surface area contributed by atoms with E-state index in [1.54, 1.807) is 0 Å². The number of rotatable bonds is 45. The summed E-state index contributed by atoms with van der Waals surface area (Å²) in [7, 11) is 0. The second-order valence-corrected chi connectivity index (χ2v) is 16.8. The van der Waals surface area contributed by atoms with Crippen molar-refractivity contribution < 1.29 is 24.5 Å². The van der Waals surface area contributed by atoms with Crippen molar-refractivity contribution in [3.05, 3.63) is 24.3 Å². The van der Waals surface area contributed by atoms with Gasteiger partial charge >= 0.3 is 5.97 Å². The summed E-state index contributed by atoms with van der Waals surface area (Å²) in [6, 6.07) is -0.566. The normalized spacial score (nSPS) is 12.9. The van der Waals surface area contributed by atoms with Gasteiger partial charge in [-0.3, -0.25) is 9.59 Å². The highest BCUT2D eigenvalue weighted by Gasteiger charge is 2.20. The van der Waals surface area contributed by atoms with Crippen molar-refractivity contribution in [3.63, 3.8) is 0 Å². The molecule has 1 amide bonds. The Morgan fingerprint density at radius 2 is 0.839 bits per heavy atom. The van der Waals surface area contributed by atoms with Gasteiger partial charge in [-0.2, -0.15) is 0 Å². The standard InChI is InChI=1S/C50H95NO5/c1-3-5-7-9-11-13-15-17-19-21-23-28-32-36-40-44-50(55)56-45-41-37-33-29-25-24-27-31-35-39-43-49(54)51-47(46-52)48(53)42-38-34-30-26-22-20-18-16-14-12-10-8-6-4-2/h17,19,25,29,47-48,52-53H,3-16,18,20-24,26-28,30-46H2,1-2H3,(H,51,54)/b19-17-,29-25-. The number of amides is 1. The maximum absolute atomic E-state index is 12.4. The Balaban J connectivity index is 3.54. The van der Waals surface area contributed by atoms with Gasteiger partial charge in [-0.15, -0.1) is 0 Å². The lowest BCUT2D eigenvalue weighted by molar-refractivity contribution is -0.143. The Labute approximate surface area is 348 Å². The predicted molar refractivity (Wildman–Crippen MR) is 241 cm³/mol. The molecule has 330 valence electrons. The molecule has 0 saturated carbocycles. The fourth-order valence-electron chi connectivity index (χ4n) is 7.39. The lowest BCUT2D eigenvalue weighted by Crippen LogP contribution is -2.45. The minimum absolute atomic E-state index is 0.0446. The minimum Gasteiger partial charge on any atom is -0.466 e. The monoisotopic (exact) mass is 790 g/mol. The molecular weight excluding hydrogens is 695 g/mol. The van der Waals surface area contributed by atoms with Gasteiger partial charge in [-0.05, 0) is 77.0 Å². The van der Waals surface area contributed by atoms with E-state index in [1.165, 1.54) is 148 Å². The molecule has 0 aliphatic heterocycles. The first-order valence-corrected chi connectivity index (χ1v) is 24.6. The summed E-state index contributed by atoms with van der Waals surface area (Å²) in [4.78, 5) is 24.4. The third-order valence-electron chi connectivity index (χ3n) is 11.2. The molecule has 0 aliphatic carbocycles. The molecular formula is C50H95NO5. The van der Waals surface area contributed by atoms with Crippen LogP contribution in [-0.4, -0.2) is 47.4 Å². The molecule has 2 atom stereocenters. The smallest absolute Gasteiger partial charge is 0.305 e. The summed E-state index contributed by atoms with van der Waals surface area (Å²) in [5, 5.41) is 23.1. The highest BCUT2D eigenvalue weighted by Crippen LogP contribution is 2.15. The van der Waals surface area contributed by atoms with E-state index in [2.05, 4.69) is 43.5 Å². The Hall–Kier alpha value is -1.66. The van der Waals surface area contributed by atoms with Gasteiger partial charge < -0.3 is 20.3 Å². The number of allylic oxidation sites excluding steroid dienone is 4. The van der Waals surface area contributed by atoms with Crippen LogP contribution in [0.5, 0.6) is 0 Å². The molecule has 0 saturated heterocycles. The van der Waals surface area contributed by atoms with Crippen molar-refractivity contribution in [2.45, 2.75) is 270 Å². The summed E-state index contributed by atoms with van der Waals surface area (Å²) in [6.07, 6.45) is 52.8. The summed E-state index contributed by atoms with van der Waals surface area (Å²) in [5.74, 6) is -0.116. The van der Waals surface area contributed by atoms with Gasteiger partial charge in [0.25, 0.3) is 0 Å². The van der Waals surface area contributed by atoms with Crippen molar-refractivity contribution >= 4 is 11.9 Å². The van der Waals surface area contributed by atoms with Crippen LogP contribution in [0.4, 0.5) is 0 Å². The van der Waals surface area contributed by atoms with E-state index >= 15 is 0 Å². The molecule has 0 spiro atoms. The molecule has 0 bridgehead atoms. The van der Waals surface area contributed by atoms with Crippen LogP contribution in [0.25, 0.3) is 0 Å². The summed E-state index contributed by atoms with van der Waals surface area (Å²) in [6.45, 7) is 4.85. The van der Waals surface area contributed by atoms with Gasteiger partial charge in [0.1, 0.15) is 0 Å². The number of hydrogen-bond acceptors (Lipinski definition) is 5. The van der Waals surface area contributed by atoms with Crippen LogP contribution >= 0.6 is 0 Å². The zero-order chi connectivity index (χ0) is 40.8. The fraction of sp³-hybridized carbons (Fsp3) is 0.880.